The highest BCUT2D eigenvalue weighted by Gasteiger charge is 2.31. The van der Waals surface area contributed by atoms with Gasteiger partial charge in [0.1, 0.15) is 0 Å². The summed E-state index contributed by atoms with van der Waals surface area (Å²) in [7, 11) is -0.205. The van der Waals surface area contributed by atoms with E-state index in [9.17, 15) is 0 Å². The van der Waals surface area contributed by atoms with Gasteiger partial charge in [-0.15, -0.1) is 0 Å². The molecule has 0 unspecified atom stereocenters. The lowest BCUT2D eigenvalue weighted by atomic mass is 9.92. The van der Waals surface area contributed by atoms with Crippen molar-refractivity contribution in [2.45, 2.75) is 44.3 Å². The van der Waals surface area contributed by atoms with Crippen molar-refractivity contribution < 1.29 is 0 Å². The minimum Gasteiger partial charge on any atom is -0.385 e. The Labute approximate surface area is 115 Å². The molecule has 3 heteroatoms. The predicted octanol–water partition coefficient (Wildman–Crippen LogP) is 4.88. The van der Waals surface area contributed by atoms with E-state index in [1.54, 1.807) is 0 Å². The smallest absolute Gasteiger partial charge is 0.0534 e. The molecule has 1 heterocycles. The molecule has 0 aromatic heterocycles. The van der Waals surface area contributed by atoms with Gasteiger partial charge in [0.2, 0.25) is 0 Å². The maximum atomic E-state index is 3.62. The minimum absolute atomic E-state index is 0.205. The summed E-state index contributed by atoms with van der Waals surface area (Å²) in [5, 5.41) is 3.62. The molecular weight excluding hydrogens is 290 g/mol. The molecule has 17 heavy (non-hydrogen) atoms. The molecule has 2 atom stereocenters. The SMILES string of the molecule is CC[Si](CC)[C@H]1CNc2ccc(Br)cc2[C@H]1C. The molecule has 0 saturated carbocycles. The quantitative estimate of drug-likeness (QED) is 0.784. The molecule has 0 aliphatic carbocycles. The minimum atomic E-state index is -0.205. The fourth-order valence-electron chi connectivity index (χ4n) is 2.96. The third kappa shape index (κ3) is 2.60. The van der Waals surface area contributed by atoms with Gasteiger partial charge in [-0.2, -0.15) is 0 Å². The Morgan fingerprint density at radius 1 is 1.35 bits per heavy atom. The normalized spacial score (nSPS) is 23.4. The van der Waals surface area contributed by atoms with Crippen LogP contribution in [0, 0.1) is 0 Å². The van der Waals surface area contributed by atoms with Crippen LogP contribution in [0.2, 0.25) is 17.6 Å². The second-order valence-electron chi connectivity index (χ2n) is 4.87. The van der Waals surface area contributed by atoms with E-state index >= 15 is 0 Å². The molecule has 0 saturated heterocycles. The molecule has 1 N–H and O–H groups in total. The monoisotopic (exact) mass is 310 g/mol. The van der Waals surface area contributed by atoms with Gasteiger partial charge in [-0.05, 0) is 35.2 Å². The number of fused-ring (bicyclic) bond motifs is 1. The van der Waals surface area contributed by atoms with Crippen molar-refractivity contribution in [2.24, 2.45) is 0 Å². The molecule has 2 rings (SSSR count). The first-order valence-corrected chi connectivity index (χ1v) is 9.33. The summed E-state index contributed by atoms with van der Waals surface area (Å²) in [5.41, 5.74) is 3.71. The summed E-state index contributed by atoms with van der Waals surface area (Å²) in [4.78, 5) is 0. The van der Waals surface area contributed by atoms with E-state index in [1.165, 1.54) is 34.4 Å². The van der Waals surface area contributed by atoms with E-state index in [4.69, 9.17) is 0 Å². The van der Waals surface area contributed by atoms with Gasteiger partial charge in [-0.3, -0.25) is 0 Å². The van der Waals surface area contributed by atoms with Gasteiger partial charge in [-0.1, -0.05) is 48.8 Å². The second-order valence-corrected chi connectivity index (χ2v) is 9.26. The number of anilines is 1. The zero-order valence-corrected chi connectivity index (χ0v) is 13.5. The molecule has 1 nitrogen and oxygen atoms in total. The highest BCUT2D eigenvalue weighted by Crippen LogP contribution is 2.42. The van der Waals surface area contributed by atoms with Gasteiger partial charge in [0, 0.05) is 16.7 Å². The Morgan fingerprint density at radius 3 is 2.71 bits per heavy atom. The van der Waals surface area contributed by atoms with Gasteiger partial charge in [0.15, 0.2) is 0 Å². The van der Waals surface area contributed by atoms with Gasteiger partial charge >= 0.3 is 0 Å². The standard InChI is InChI=1S/C14H21BrNSi/c1-4-17(5-2)14-9-16-13-7-6-11(15)8-12(13)10(14)3/h6-8,10,14,16H,4-5,9H2,1-3H3/t10-,14+/m1/s1. The molecular formula is C14H21BrNSi. The zero-order valence-electron chi connectivity index (χ0n) is 10.9. The van der Waals surface area contributed by atoms with E-state index in [0.29, 0.717) is 5.92 Å². The van der Waals surface area contributed by atoms with Gasteiger partial charge in [0.25, 0.3) is 0 Å². The average molecular weight is 311 g/mol. The second kappa shape index (κ2) is 5.57. The third-order valence-corrected chi connectivity index (χ3v) is 8.12. The van der Waals surface area contributed by atoms with Crippen molar-refractivity contribution in [3.8, 4) is 0 Å². The lowest BCUT2D eigenvalue weighted by Crippen LogP contribution is -2.32. The molecule has 1 radical (unpaired) electrons. The van der Waals surface area contributed by atoms with Crippen LogP contribution in [0.3, 0.4) is 0 Å². The van der Waals surface area contributed by atoms with Crippen molar-refractivity contribution in [1.29, 1.82) is 0 Å². The maximum absolute atomic E-state index is 3.62. The molecule has 0 fully saturated rings. The predicted molar refractivity (Wildman–Crippen MR) is 81.5 cm³/mol. The number of hydrogen-bond donors (Lipinski definition) is 1. The third-order valence-electron chi connectivity index (χ3n) is 4.05. The van der Waals surface area contributed by atoms with Crippen molar-refractivity contribution >= 4 is 30.4 Å². The van der Waals surface area contributed by atoms with E-state index in [1.807, 2.05) is 0 Å². The summed E-state index contributed by atoms with van der Waals surface area (Å²) in [6.07, 6.45) is 0. The Bertz CT molecular complexity index is 390. The summed E-state index contributed by atoms with van der Waals surface area (Å²) in [6, 6.07) is 9.41. The van der Waals surface area contributed by atoms with Gasteiger partial charge < -0.3 is 5.32 Å². The Kier molecular flexibility index (Phi) is 4.31. The number of hydrogen-bond acceptors (Lipinski definition) is 1. The largest absolute Gasteiger partial charge is 0.385 e. The summed E-state index contributed by atoms with van der Waals surface area (Å²) in [6.45, 7) is 8.31. The van der Waals surface area contributed by atoms with Crippen LogP contribution in [0.5, 0.6) is 0 Å². The Balaban J connectivity index is 2.28. The molecule has 1 aromatic rings. The van der Waals surface area contributed by atoms with E-state index in [0.717, 1.165) is 5.54 Å². The number of benzene rings is 1. The fourth-order valence-corrected chi connectivity index (χ4v) is 6.16. The van der Waals surface area contributed by atoms with Crippen LogP contribution < -0.4 is 5.32 Å². The number of halogens is 1. The van der Waals surface area contributed by atoms with E-state index in [-0.39, 0.29) is 8.80 Å². The molecule has 0 spiro atoms. The molecule has 1 aliphatic rings. The molecule has 1 aromatic carbocycles. The summed E-state index contributed by atoms with van der Waals surface area (Å²) < 4.78 is 1.20. The van der Waals surface area contributed by atoms with Crippen LogP contribution in [0.1, 0.15) is 32.3 Å². The van der Waals surface area contributed by atoms with Crippen molar-refractivity contribution in [1.82, 2.24) is 0 Å². The molecule has 0 bridgehead atoms. The topological polar surface area (TPSA) is 12.0 Å². The van der Waals surface area contributed by atoms with Crippen LogP contribution in [0.25, 0.3) is 0 Å². The first kappa shape index (κ1) is 13.2. The van der Waals surface area contributed by atoms with Crippen LogP contribution in [0.4, 0.5) is 5.69 Å². The van der Waals surface area contributed by atoms with E-state index < -0.39 is 0 Å². The maximum Gasteiger partial charge on any atom is 0.0534 e. The Hall–Kier alpha value is -0.283. The van der Waals surface area contributed by atoms with Gasteiger partial charge in [0.05, 0.1) is 8.80 Å². The number of rotatable bonds is 3. The summed E-state index contributed by atoms with van der Waals surface area (Å²) in [5.74, 6) is 0.706. The lowest BCUT2D eigenvalue weighted by molar-refractivity contribution is 0.662. The van der Waals surface area contributed by atoms with E-state index in [2.05, 4.69) is 60.2 Å². The highest BCUT2D eigenvalue weighted by atomic mass is 79.9. The molecule has 93 valence electrons. The van der Waals surface area contributed by atoms with Crippen molar-refractivity contribution in [3.05, 3.63) is 28.2 Å². The van der Waals surface area contributed by atoms with Crippen LogP contribution in [-0.4, -0.2) is 15.3 Å². The van der Waals surface area contributed by atoms with Gasteiger partial charge in [-0.25, -0.2) is 0 Å². The zero-order chi connectivity index (χ0) is 12.4. The summed E-state index contributed by atoms with van der Waals surface area (Å²) >= 11 is 3.59. The van der Waals surface area contributed by atoms with Crippen LogP contribution >= 0.6 is 15.9 Å². The Morgan fingerprint density at radius 2 is 2.06 bits per heavy atom. The lowest BCUT2D eigenvalue weighted by Gasteiger charge is -2.36. The van der Waals surface area contributed by atoms with Crippen molar-refractivity contribution in [2.75, 3.05) is 11.9 Å². The fraction of sp³-hybridized carbons (Fsp3) is 0.571. The molecule has 0 amide bonds. The highest BCUT2D eigenvalue weighted by molar-refractivity contribution is 9.10. The van der Waals surface area contributed by atoms with Crippen LogP contribution in [-0.2, 0) is 0 Å². The molecule has 1 aliphatic heterocycles. The van der Waals surface area contributed by atoms with Crippen LogP contribution in [0.15, 0.2) is 22.7 Å². The number of nitrogens with one attached hydrogen (secondary N) is 1. The first-order valence-electron chi connectivity index (χ1n) is 6.55. The average Bonchev–Trinajstić information content (AvgIpc) is 2.34. The van der Waals surface area contributed by atoms with Crippen molar-refractivity contribution in [3.63, 3.8) is 0 Å². The first-order chi connectivity index (χ1) is 8.17.